The second kappa shape index (κ2) is 5.67. The first-order chi connectivity index (χ1) is 12.7. The summed E-state index contributed by atoms with van der Waals surface area (Å²) in [5.41, 5.74) is -4.39. The molecule has 1 saturated carbocycles. The number of Topliss-reactive ketones (excluding diaryl/α,β-unsaturated/α-hetero) is 1. The number of methoxy groups -OCH3 is 2. The van der Waals surface area contributed by atoms with E-state index in [9.17, 15) is 20.1 Å². The Morgan fingerprint density at radius 1 is 1.00 bits per heavy atom. The largest absolute Gasteiger partial charge is 0.496 e. The summed E-state index contributed by atoms with van der Waals surface area (Å²) < 4.78 is 11.3. The second-order valence-electron chi connectivity index (χ2n) is 7.98. The molecule has 27 heavy (non-hydrogen) atoms. The molecule has 0 amide bonds. The van der Waals surface area contributed by atoms with E-state index in [0.717, 1.165) is 5.39 Å². The van der Waals surface area contributed by atoms with E-state index in [-0.39, 0.29) is 24.8 Å². The van der Waals surface area contributed by atoms with Crippen LogP contribution in [0.25, 0.3) is 10.8 Å². The molecule has 0 heterocycles. The Balaban J connectivity index is 2.12. The Bertz CT molecular complexity index is 949. The zero-order valence-corrected chi connectivity index (χ0v) is 15.7. The molecule has 3 N–H and O–H groups in total. The van der Waals surface area contributed by atoms with Crippen molar-refractivity contribution >= 4 is 16.6 Å². The molecule has 0 aliphatic heterocycles. The third-order valence-corrected chi connectivity index (χ3v) is 6.07. The van der Waals surface area contributed by atoms with Gasteiger partial charge in [-0.05, 0) is 19.8 Å². The molecule has 1 fully saturated rings. The third-order valence-electron chi connectivity index (χ3n) is 6.07. The van der Waals surface area contributed by atoms with Crippen molar-refractivity contribution in [2.75, 3.05) is 14.2 Å². The highest BCUT2D eigenvalue weighted by atomic mass is 16.5. The van der Waals surface area contributed by atoms with Crippen LogP contribution < -0.4 is 9.47 Å². The van der Waals surface area contributed by atoms with Gasteiger partial charge in [0.05, 0.1) is 19.8 Å². The van der Waals surface area contributed by atoms with Crippen molar-refractivity contribution in [1.82, 2.24) is 0 Å². The van der Waals surface area contributed by atoms with Crippen LogP contribution in [0.1, 0.15) is 37.3 Å². The summed E-state index contributed by atoms with van der Waals surface area (Å²) in [5, 5.41) is 35.0. The van der Waals surface area contributed by atoms with Crippen LogP contribution in [0.5, 0.6) is 11.5 Å². The molecular formula is C21H24O6. The van der Waals surface area contributed by atoms with Crippen LogP contribution in [0, 0.1) is 0 Å². The van der Waals surface area contributed by atoms with Crippen molar-refractivity contribution in [2.45, 2.75) is 49.4 Å². The fourth-order valence-corrected chi connectivity index (χ4v) is 5.02. The maximum atomic E-state index is 13.1. The molecule has 2 aromatic rings. The van der Waals surface area contributed by atoms with Gasteiger partial charge < -0.3 is 24.8 Å². The average Bonchev–Trinajstić information content (AvgIpc) is 2.61. The summed E-state index contributed by atoms with van der Waals surface area (Å²) >= 11 is 0. The van der Waals surface area contributed by atoms with Crippen molar-refractivity contribution in [1.29, 1.82) is 0 Å². The fraction of sp³-hybridized carbons (Fsp3) is 0.476. The predicted octanol–water partition coefficient (Wildman–Crippen LogP) is 1.84. The predicted molar refractivity (Wildman–Crippen MR) is 99.1 cm³/mol. The lowest BCUT2D eigenvalue weighted by Gasteiger charge is -2.53. The van der Waals surface area contributed by atoms with E-state index in [0.29, 0.717) is 28.9 Å². The van der Waals surface area contributed by atoms with Crippen LogP contribution in [0.3, 0.4) is 0 Å². The minimum atomic E-state index is -2.16. The molecule has 4 rings (SSSR count). The molecular weight excluding hydrogens is 348 g/mol. The molecule has 0 radical (unpaired) electrons. The average molecular weight is 372 g/mol. The van der Waals surface area contributed by atoms with Gasteiger partial charge in [-0.1, -0.05) is 24.3 Å². The van der Waals surface area contributed by atoms with E-state index >= 15 is 0 Å². The van der Waals surface area contributed by atoms with Crippen LogP contribution in [0.15, 0.2) is 24.3 Å². The molecule has 0 saturated heterocycles. The van der Waals surface area contributed by atoms with E-state index in [4.69, 9.17) is 9.47 Å². The fourth-order valence-electron chi connectivity index (χ4n) is 5.02. The van der Waals surface area contributed by atoms with E-state index in [2.05, 4.69) is 0 Å². The van der Waals surface area contributed by atoms with Crippen LogP contribution in [0.2, 0.25) is 0 Å². The van der Waals surface area contributed by atoms with Gasteiger partial charge in [-0.2, -0.15) is 0 Å². The van der Waals surface area contributed by atoms with Gasteiger partial charge in [-0.3, -0.25) is 4.79 Å². The number of hydrogen-bond acceptors (Lipinski definition) is 6. The van der Waals surface area contributed by atoms with Gasteiger partial charge in [0.15, 0.2) is 11.4 Å². The van der Waals surface area contributed by atoms with E-state index in [1.54, 1.807) is 7.11 Å². The summed E-state index contributed by atoms with van der Waals surface area (Å²) in [6, 6.07) is 7.45. The van der Waals surface area contributed by atoms with Gasteiger partial charge >= 0.3 is 0 Å². The Labute approximate surface area is 157 Å². The number of hydrogen-bond donors (Lipinski definition) is 3. The number of carbonyl (C=O) groups excluding carboxylic acids is 1. The Kier molecular flexibility index (Phi) is 3.83. The topological polar surface area (TPSA) is 96.2 Å². The Morgan fingerprint density at radius 3 is 2.19 bits per heavy atom. The zero-order valence-electron chi connectivity index (χ0n) is 15.7. The van der Waals surface area contributed by atoms with Crippen molar-refractivity contribution in [3.8, 4) is 11.5 Å². The number of carbonyl (C=O) groups is 1. The molecule has 3 atom stereocenters. The maximum Gasteiger partial charge on any atom is 0.180 e. The second-order valence-corrected chi connectivity index (χ2v) is 7.98. The van der Waals surface area contributed by atoms with Gasteiger partial charge in [-0.25, -0.2) is 0 Å². The number of fused-ring (bicyclic) bond motifs is 4. The van der Waals surface area contributed by atoms with Crippen molar-refractivity contribution < 1.29 is 29.6 Å². The Hall–Kier alpha value is -2.15. The third kappa shape index (κ3) is 2.27. The van der Waals surface area contributed by atoms with E-state index in [1.807, 2.05) is 24.3 Å². The molecule has 6 nitrogen and oxygen atoms in total. The number of ether oxygens (including phenoxy) is 2. The lowest BCUT2D eigenvalue weighted by molar-refractivity contribution is -0.218. The quantitative estimate of drug-likeness (QED) is 0.744. The molecule has 6 heteroatoms. The minimum absolute atomic E-state index is 0.0972. The standard InChI is InChI=1S/C21H24O6/c1-19(23)10-15(22)21(25)16-14(8-9-20(21,24)11-19)17(26-2)12-6-4-5-7-13(12)18(16)27-3/h4-7,23-25H,8-11H2,1-3H3/t19-,20-,21-/m0/s1. The summed E-state index contributed by atoms with van der Waals surface area (Å²) in [4.78, 5) is 13.1. The molecule has 2 aliphatic rings. The number of ketones is 1. The van der Waals surface area contributed by atoms with Crippen LogP contribution in [0.4, 0.5) is 0 Å². The van der Waals surface area contributed by atoms with Crippen LogP contribution in [-0.4, -0.2) is 46.5 Å². The SMILES string of the molecule is COc1c2c(c(OC)c3ccccc13)[C@@]1(O)C(=O)C[C@](C)(O)C[C@@]1(O)CC2. The van der Waals surface area contributed by atoms with Crippen molar-refractivity contribution in [2.24, 2.45) is 0 Å². The van der Waals surface area contributed by atoms with E-state index < -0.39 is 22.6 Å². The Morgan fingerprint density at radius 2 is 1.59 bits per heavy atom. The molecule has 2 aromatic carbocycles. The van der Waals surface area contributed by atoms with Gasteiger partial charge in [-0.15, -0.1) is 0 Å². The lowest BCUT2D eigenvalue weighted by atomic mass is 9.57. The summed E-state index contributed by atoms with van der Waals surface area (Å²) in [5.74, 6) is 0.316. The number of aliphatic hydroxyl groups is 3. The smallest absolute Gasteiger partial charge is 0.180 e. The molecule has 0 bridgehead atoms. The van der Waals surface area contributed by atoms with Crippen LogP contribution in [-0.2, 0) is 16.8 Å². The van der Waals surface area contributed by atoms with Crippen molar-refractivity contribution in [3.63, 3.8) is 0 Å². The zero-order chi connectivity index (χ0) is 19.6. The van der Waals surface area contributed by atoms with Gasteiger partial charge in [0.2, 0.25) is 0 Å². The first-order valence-corrected chi connectivity index (χ1v) is 9.05. The molecule has 0 aromatic heterocycles. The summed E-state index contributed by atoms with van der Waals surface area (Å²) in [6.07, 6.45) is 0.182. The molecule has 0 unspecified atom stereocenters. The normalized spacial score (nSPS) is 32.7. The van der Waals surface area contributed by atoms with Crippen LogP contribution >= 0.6 is 0 Å². The molecule has 0 spiro atoms. The molecule has 144 valence electrons. The van der Waals surface area contributed by atoms with Gasteiger partial charge in [0.1, 0.15) is 17.1 Å². The van der Waals surface area contributed by atoms with Gasteiger partial charge in [0.25, 0.3) is 0 Å². The molecule has 2 aliphatic carbocycles. The maximum absolute atomic E-state index is 13.1. The summed E-state index contributed by atoms with van der Waals surface area (Å²) in [7, 11) is 3.03. The number of rotatable bonds is 2. The lowest BCUT2D eigenvalue weighted by Crippen LogP contribution is -2.66. The monoisotopic (exact) mass is 372 g/mol. The number of benzene rings is 2. The van der Waals surface area contributed by atoms with E-state index in [1.165, 1.54) is 14.0 Å². The first kappa shape index (κ1) is 18.2. The first-order valence-electron chi connectivity index (χ1n) is 9.05. The minimum Gasteiger partial charge on any atom is -0.496 e. The van der Waals surface area contributed by atoms with Crippen molar-refractivity contribution in [3.05, 3.63) is 35.4 Å². The summed E-state index contributed by atoms with van der Waals surface area (Å²) in [6.45, 7) is 1.51. The highest BCUT2D eigenvalue weighted by molar-refractivity contribution is 6.01. The van der Waals surface area contributed by atoms with Gasteiger partial charge in [0, 0.05) is 34.7 Å². The highest BCUT2D eigenvalue weighted by Crippen LogP contribution is 2.57. The highest BCUT2D eigenvalue weighted by Gasteiger charge is 2.65.